The molecule has 0 fully saturated rings. The van der Waals surface area contributed by atoms with Crippen molar-refractivity contribution < 1.29 is 58.5 Å². The minimum Gasteiger partial charge on any atom is -0.481 e. The van der Waals surface area contributed by atoms with E-state index in [2.05, 4.69) is 4.52 Å². The zero-order chi connectivity index (χ0) is 18.8. The van der Waals surface area contributed by atoms with Gasteiger partial charge in [-0.15, -0.1) is 0 Å². The fraction of sp³-hybridized carbons (Fsp3) is 0.600. The van der Waals surface area contributed by atoms with Gasteiger partial charge in [0.1, 0.15) is 0 Å². The Morgan fingerprint density at radius 2 is 1.57 bits per heavy atom. The average molecular weight is 360 g/mol. The van der Waals surface area contributed by atoms with Crippen molar-refractivity contribution in [3.63, 3.8) is 0 Å². The number of aliphatic hydroxyl groups is 2. The Bertz CT molecular complexity index is 480. The van der Waals surface area contributed by atoms with E-state index >= 15 is 0 Å². The standard InChI is InChI=1S/C5H11O8P.C5H6O4/c6-3(1-4(7)8)2-5(9)13-14(10,11)12;1-2-3(6)4(7)5(8)9/h3,5-6,9H,1-2H2,(H,7,8)(H2,10,11,12);2H2,1H3,(H,8,9). The Morgan fingerprint density at radius 3 is 1.83 bits per heavy atom. The number of carboxylic acid groups (broad SMARTS) is 2. The zero-order valence-corrected chi connectivity index (χ0v) is 12.8. The summed E-state index contributed by atoms with van der Waals surface area (Å²) in [4.78, 5) is 56.5. The molecule has 2 unspecified atom stereocenters. The van der Waals surface area contributed by atoms with Gasteiger partial charge in [0.2, 0.25) is 5.78 Å². The van der Waals surface area contributed by atoms with Crippen LogP contribution in [0.1, 0.15) is 26.2 Å². The first-order valence-electron chi connectivity index (χ1n) is 5.92. The van der Waals surface area contributed by atoms with E-state index in [0.29, 0.717) is 0 Å². The summed E-state index contributed by atoms with van der Waals surface area (Å²) in [5.41, 5.74) is 0. The lowest BCUT2D eigenvalue weighted by Gasteiger charge is -2.14. The predicted molar refractivity (Wildman–Crippen MR) is 70.0 cm³/mol. The maximum atomic E-state index is 10.2. The van der Waals surface area contributed by atoms with E-state index in [0.717, 1.165) is 0 Å². The molecule has 0 amide bonds. The number of aliphatic hydroxyl groups excluding tert-OH is 2. The normalized spacial score (nSPS) is 13.3. The van der Waals surface area contributed by atoms with Crippen LogP contribution in [0.2, 0.25) is 0 Å². The van der Waals surface area contributed by atoms with E-state index in [9.17, 15) is 23.7 Å². The topological polar surface area (TPSA) is 216 Å². The van der Waals surface area contributed by atoms with Crippen molar-refractivity contribution in [1.82, 2.24) is 0 Å². The molecule has 0 aromatic carbocycles. The van der Waals surface area contributed by atoms with Crippen LogP contribution in [0, 0.1) is 0 Å². The van der Waals surface area contributed by atoms with E-state index in [1.165, 1.54) is 6.92 Å². The lowest BCUT2D eigenvalue weighted by molar-refractivity contribution is -0.152. The number of phosphoric ester groups is 1. The highest BCUT2D eigenvalue weighted by Gasteiger charge is 2.23. The molecule has 0 aromatic rings. The first kappa shape index (κ1) is 23.6. The summed E-state index contributed by atoms with van der Waals surface area (Å²) in [6.07, 6.45) is -4.59. The third kappa shape index (κ3) is 15.0. The molecule has 12 nitrogen and oxygen atoms in total. The van der Waals surface area contributed by atoms with Crippen LogP contribution in [-0.4, -0.2) is 66.1 Å². The Morgan fingerprint density at radius 1 is 1.09 bits per heavy atom. The monoisotopic (exact) mass is 360 g/mol. The third-order valence-corrected chi connectivity index (χ3v) is 2.43. The molecule has 2 atom stereocenters. The van der Waals surface area contributed by atoms with Gasteiger partial charge in [-0.2, -0.15) is 0 Å². The average Bonchev–Trinajstić information content (AvgIpc) is 2.33. The number of aliphatic carboxylic acids is 2. The second kappa shape index (κ2) is 10.9. The highest BCUT2D eigenvalue weighted by molar-refractivity contribution is 7.46. The number of phosphoric acid groups is 1. The Hall–Kier alpha value is -1.69. The van der Waals surface area contributed by atoms with Gasteiger partial charge in [-0.25, -0.2) is 9.36 Å². The quantitative estimate of drug-likeness (QED) is 0.117. The molecular formula is C10H17O12P. The molecule has 23 heavy (non-hydrogen) atoms. The molecule has 0 aliphatic heterocycles. The summed E-state index contributed by atoms with van der Waals surface area (Å²) in [6.45, 7) is 1.43. The molecule has 0 aliphatic rings. The number of Topliss-reactive ketones (excluding diaryl/α,β-unsaturated/α-hetero) is 2. The van der Waals surface area contributed by atoms with Gasteiger partial charge >= 0.3 is 25.5 Å². The van der Waals surface area contributed by atoms with Crippen molar-refractivity contribution in [1.29, 1.82) is 0 Å². The number of carbonyl (C=O) groups is 4. The number of hydrogen-bond donors (Lipinski definition) is 6. The van der Waals surface area contributed by atoms with Gasteiger partial charge in [-0.1, -0.05) is 6.92 Å². The maximum Gasteiger partial charge on any atom is 0.471 e. The highest BCUT2D eigenvalue weighted by atomic mass is 31.2. The van der Waals surface area contributed by atoms with Crippen LogP contribution in [0.4, 0.5) is 0 Å². The Labute approximate surface area is 129 Å². The lowest BCUT2D eigenvalue weighted by atomic mass is 10.2. The van der Waals surface area contributed by atoms with Crippen molar-refractivity contribution in [2.75, 3.05) is 0 Å². The number of hydrogen-bond acceptors (Lipinski definition) is 8. The molecule has 0 rings (SSSR count). The molecule has 0 bridgehead atoms. The summed E-state index contributed by atoms with van der Waals surface area (Å²) in [5, 5.41) is 33.8. The van der Waals surface area contributed by atoms with Gasteiger partial charge in [-0.3, -0.25) is 18.9 Å². The van der Waals surface area contributed by atoms with Gasteiger partial charge in [0.15, 0.2) is 6.29 Å². The summed E-state index contributed by atoms with van der Waals surface area (Å²) >= 11 is 0. The van der Waals surface area contributed by atoms with E-state index in [1.54, 1.807) is 0 Å². The number of carbonyl (C=O) groups excluding carboxylic acids is 2. The first-order chi connectivity index (χ1) is 10.3. The molecule has 13 heteroatoms. The molecule has 0 heterocycles. The largest absolute Gasteiger partial charge is 0.481 e. The molecule has 0 aliphatic carbocycles. The van der Waals surface area contributed by atoms with E-state index in [4.69, 9.17) is 30.2 Å². The van der Waals surface area contributed by atoms with Crippen LogP contribution >= 0.6 is 7.82 Å². The van der Waals surface area contributed by atoms with Crippen molar-refractivity contribution in [2.24, 2.45) is 0 Å². The lowest BCUT2D eigenvalue weighted by Crippen LogP contribution is -2.22. The number of rotatable bonds is 9. The molecule has 0 radical (unpaired) electrons. The van der Waals surface area contributed by atoms with Crippen LogP contribution in [0.3, 0.4) is 0 Å². The van der Waals surface area contributed by atoms with E-state index in [1.807, 2.05) is 0 Å². The molecule has 134 valence electrons. The molecule has 6 N–H and O–H groups in total. The van der Waals surface area contributed by atoms with Crippen LogP contribution in [0.25, 0.3) is 0 Å². The SMILES string of the molecule is CCC(=O)C(=O)C(=O)O.O=C(O)CC(O)CC(O)OP(=O)(O)O. The third-order valence-electron chi connectivity index (χ3n) is 1.91. The van der Waals surface area contributed by atoms with Crippen molar-refractivity contribution >= 4 is 31.3 Å². The van der Waals surface area contributed by atoms with Crippen LogP contribution < -0.4 is 0 Å². The van der Waals surface area contributed by atoms with Gasteiger partial charge < -0.3 is 30.2 Å². The highest BCUT2D eigenvalue weighted by Crippen LogP contribution is 2.37. The fourth-order valence-corrected chi connectivity index (χ4v) is 1.40. The molecule has 0 saturated heterocycles. The van der Waals surface area contributed by atoms with E-state index < -0.39 is 56.6 Å². The second-order valence-corrected chi connectivity index (χ2v) is 5.14. The van der Waals surface area contributed by atoms with Crippen molar-refractivity contribution in [2.45, 2.75) is 38.6 Å². The van der Waals surface area contributed by atoms with Crippen LogP contribution in [0.5, 0.6) is 0 Å². The number of ketones is 2. The summed E-state index contributed by atoms with van der Waals surface area (Å²) in [5.74, 6) is -5.16. The summed E-state index contributed by atoms with van der Waals surface area (Å²) in [7, 11) is -4.82. The Balaban J connectivity index is 0. The number of carboxylic acids is 2. The Kier molecular flexibility index (Phi) is 11.2. The molecule has 0 saturated carbocycles. The van der Waals surface area contributed by atoms with Gasteiger partial charge in [0.05, 0.1) is 12.5 Å². The maximum absolute atomic E-state index is 10.2. The van der Waals surface area contributed by atoms with Crippen LogP contribution in [0.15, 0.2) is 0 Å². The second-order valence-electron chi connectivity index (χ2n) is 3.95. The van der Waals surface area contributed by atoms with Crippen molar-refractivity contribution in [3.05, 3.63) is 0 Å². The fourth-order valence-electron chi connectivity index (χ4n) is 0.999. The van der Waals surface area contributed by atoms with Gasteiger partial charge in [-0.05, 0) is 0 Å². The summed E-state index contributed by atoms with van der Waals surface area (Å²) < 4.78 is 13.9. The van der Waals surface area contributed by atoms with E-state index in [-0.39, 0.29) is 6.42 Å². The first-order valence-corrected chi connectivity index (χ1v) is 7.45. The van der Waals surface area contributed by atoms with Gasteiger partial charge in [0, 0.05) is 12.8 Å². The minimum absolute atomic E-state index is 0.0505. The van der Waals surface area contributed by atoms with Crippen molar-refractivity contribution in [3.8, 4) is 0 Å². The molecular weight excluding hydrogens is 343 g/mol. The smallest absolute Gasteiger partial charge is 0.471 e. The summed E-state index contributed by atoms with van der Waals surface area (Å²) in [6, 6.07) is 0. The minimum atomic E-state index is -4.82. The molecule has 0 aromatic heterocycles. The predicted octanol–water partition coefficient (Wildman–Crippen LogP) is -1.74. The zero-order valence-electron chi connectivity index (χ0n) is 11.9. The van der Waals surface area contributed by atoms with Gasteiger partial charge in [0.25, 0.3) is 0 Å². The molecule has 0 spiro atoms. The van der Waals surface area contributed by atoms with Crippen LogP contribution in [-0.2, 0) is 28.3 Å².